The van der Waals surface area contributed by atoms with Gasteiger partial charge < -0.3 is 15.3 Å². The fraction of sp³-hybridized carbons (Fsp3) is 0.176. The molecule has 3 aromatic rings. The van der Waals surface area contributed by atoms with Gasteiger partial charge in [0.15, 0.2) is 0 Å². The van der Waals surface area contributed by atoms with Crippen molar-refractivity contribution in [3.8, 4) is 0 Å². The van der Waals surface area contributed by atoms with Crippen LogP contribution in [0.3, 0.4) is 0 Å². The Bertz CT molecular complexity index is 881. The molecule has 23 heavy (non-hydrogen) atoms. The number of fused-ring (bicyclic) bond motifs is 1. The highest BCUT2D eigenvalue weighted by atomic mass is 19.1. The zero-order valence-electron chi connectivity index (χ0n) is 12.4. The van der Waals surface area contributed by atoms with Crippen molar-refractivity contribution in [2.45, 2.75) is 12.8 Å². The van der Waals surface area contributed by atoms with Gasteiger partial charge in [0.2, 0.25) is 5.91 Å². The van der Waals surface area contributed by atoms with Crippen LogP contribution in [0.1, 0.15) is 11.1 Å². The summed E-state index contributed by atoms with van der Waals surface area (Å²) in [7, 11) is 0. The number of aromatic amines is 2. The molecule has 118 valence electrons. The first-order valence-corrected chi connectivity index (χ1v) is 7.32. The second-order valence-electron chi connectivity index (χ2n) is 5.36. The Kier molecular flexibility index (Phi) is 4.23. The molecule has 0 aliphatic carbocycles. The highest BCUT2D eigenvalue weighted by molar-refractivity contribution is 5.78. The molecule has 1 aromatic heterocycles. The van der Waals surface area contributed by atoms with Crippen LogP contribution in [-0.2, 0) is 17.6 Å². The number of hydrogen-bond donors (Lipinski definition) is 3. The van der Waals surface area contributed by atoms with Gasteiger partial charge in [-0.1, -0.05) is 18.2 Å². The van der Waals surface area contributed by atoms with Crippen molar-refractivity contribution in [2.75, 3.05) is 6.54 Å². The number of imidazole rings is 1. The number of carbonyl (C=O) groups excluding carboxylic acids is 1. The maximum Gasteiger partial charge on any atom is 0.323 e. The average molecular weight is 313 g/mol. The molecule has 0 atom stereocenters. The van der Waals surface area contributed by atoms with Gasteiger partial charge in [0.05, 0.1) is 17.5 Å². The van der Waals surface area contributed by atoms with E-state index < -0.39 is 0 Å². The zero-order chi connectivity index (χ0) is 16.2. The summed E-state index contributed by atoms with van der Waals surface area (Å²) in [5, 5.41) is 2.84. The van der Waals surface area contributed by atoms with Crippen LogP contribution in [-0.4, -0.2) is 22.4 Å². The molecule has 0 bridgehead atoms. The quantitative estimate of drug-likeness (QED) is 0.673. The highest BCUT2D eigenvalue weighted by Crippen LogP contribution is 2.10. The van der Waals surface area contributed by atoms with Gasteiger partial charge in [-0.2, -0.15) is 0 Å². The maximum absolute atomic E-state index is 12.8. The Morgan fingerprint density at radius 3 is 2.48 bits per heavy atom. The predicted octanol–water partition coefficient (Wildman–Crippen LogP) is 1.90. The summed E-state index contributed by atoms with van der Waals surface area (Å²) in [6.45, 7) is 0.500. The van der Waals surface area contributed by atoms with E-state index in [1.807, 2.05) is 18.2 Å². The van der Waals surface area contributed by atoms with E-state index in [-0.39, 0.29) is 23.8 Å². The second-order valence-corrected chi connectivity index (χ2v) is 5.36. The first-order valence-electron chi connectivity index (χ1n) is 7.32. The van der Waals surface area contributed by atoms with Crippen LogP contribution in [0.5, 0.6) is 0 Å². The molecule has 1 amide bonds. The minimum atomic E-state index is -0.313. The molecule has 3 rings (SSSR count). The van der Waals surface area contributed by atoms with Gasteiger partial charge >= 0.3 is 5.69 Å². The summed E-state index contributed by atoms with van der Waals surface area (Å²) < 4.78 is 12.8. The molecule has 1 heterocycles. The molecule has 0 saturated carbocycles. The van der Waals surface area contributed by atoms with Crippen molar-refractivity contribution < 1.29 is 9.18 Å². The molecule has 0 aliphatic rings. The molecule has 0 radical (unpaired) electrons. The monoisotopic (exact) mass is 313 g/mol. The van der Waals surface area contributed by atoms with Crippen LogP contribution in [0.2, 0.25) is 0 Å². The Hall–Kier alpha value is -2.89. The summed E-state index contributed by atoms with van der Waals surface area (Å²) >= 11 is 0. The van der Waals surface area contributed by atoms with Crippen LogP contribution in [0.4, 0.5) is 4.39 Å². The third kappa shape index (κ3) is 3.85. The van der Waals surface area contributed by atoms with E-state index in [9.17, 15) is 14.0 Å². The van der Waals surface area contributed by atoms with Crippen molar-refractivity contribution in [3.05, 3.63) is 69.9 Å². The summed E-state index contributed by atoms with van der Waals surface area (Å²) in [6.07, 6.45) is 0.892. The summed E-state index contributed by atoms with van der Waals surface area (Å²) in [4.78, 5) is 28.4. The minimum Gasteiger partial charge on any atom is -0.355 e. The van der Waals surface area contributed by atoms with E-state index in [1.54, 1.807) is 12.1 Å². The molecule has 2 aromatic carbocycles. The SMILES string of the molecule is O=C(Cc1ccc(F)cc1)NCCc1ccc2[nH]c(=O)[nH]c2c1. The second kappa shape index (κ2) is 6.48. The minimum absolute atomic E-state index is 0.104. The lowest BCUT2D eigenvalue weighted by molar-refractivity contribution is -0.120. The number of rotatable bonds is 5. The highest BCUT2D eigenvalue weighted by Gasteiger charge is 2.04. The molecular formula is C17H16FN3O2. The van der Waals surface area contributed by atoms with E-state index in [0.717, 1.165) is 22.2 Å². The average Bonchev–Trinajstić information content (AvgIpc) is 2.89. The standard InChI is InChI=1S/C17H16FN3O2/c18-13-4-1-11(2-5-13)10-16(22)19-8-7-12-3-6-14-15(9-12)21-17(23)20-14/h1-6,9H,7-8,10H2,(H,19,22)(H2,20,21,23). The molecule has 0 saturated heterocycles. The Labute approximate surface area is 131 Å². The van der Waals surface area contributed by atoms with Crippen LogP contribution >= 0.6 is 0 Å². The van der Waals surface area contributed by atoms with Crippen LogP contribution < -0.4 is 11.0 Å². The largest absolute Gasteiger partial charge is 0.355 e. The van der Waals surface area contributed by atoms with Crippen molar-refractivity contribution >= 4 is 16.9 Å². The molecular weight excluding hydrogens is 297 g/mol. The van der Waals surface area contributed by atoms with Gasteiger partial charge in [-0.25, -0.2) is 9.18 Å². The van der Waals surface area contributed by atoms with Crippen LogP contribution in [0.25, 0.3) is 11.0 Å². The van der Waals surface area contributed by atoms with E-state index in [0.29, 0.717) is 13.0 Å². The molecule has 5 nitrogen and oxygen atoms in total. The number of carbonyl (C=O) groups is 1. The fourth-order valence-electron chi connectivity index (χ4n) is 2.43. The lowest BCUT2D eigenvalue weighted by Gasteiger charge is -2.06. The lowest BCUT2D eigenvalue weighted by Crippen LogP contribution is -2.27. The Morgan fingerprint density at radius 1 is 1.00 bits per heavy atom. The normalized spacial score (nSPS) is 10.8. The maximum atomic E-state index is 12.8. The van der Waals surface area contributed by atoms with Gasteiger partial charge in [-0.3, -0.25) is 4.79 Å². The molecule has 0 aliphatic heterocycles. The number of nitrogens with one attached hydrogen (secondary N) is 3. The van der Waals surface area contributed by atoms with Gasteiger partial charge in [0.1, 0.15) is 5.82 Å². The molecule has 0 fully saturated rings. The predicted molar refractivity (Wildman–Crippen MR) is 85.7 cm³/mol. The third-order valence-electron chi connectivity index (χ3n) is 3.59. The topological polar surface area (TPSA) is 77.8 Å². The molecule has 0 spiro atoms. The van der Waals surface area contributed by atoms with Gasteiger partial charge in [0, 0.05) is 6.54 Å². The van der Waals surface area contributed by atoms with Gasteiger partial charge in [0.25, 0.3) is 0 Å². The van der Waals surface area contributed by atoms with Crippen molar-refractivity contribution in [2.24, 2.45) is 0 Å². The number of hydrogen-bond acceptors (Lipinski definition) is 2. The first kappa shape index (κ1) is 15.0. The summed E-state index contributed by atoms with van der Waals surface area (Å²) in [5.74, 6) is -0.417. The lowest BCUT2D eigenvalue weighted by atomic mass is 10.1. The fourth-order valence-corrected chi connectivity index (χ4v) is 2.43. The molecule has 6 heteroatoms. The first-order chi connectivity index (χ1) is 11.1. The van der Waals surface area contributed by atoms with E-state index in [2.05, 4.69) is 15.3 Å². The van der Waals surface area contributed by atoms with Gasteiger partial charge in [-0.05, 0) is 41.8 Å². The molecule has 0 unspecified atom stereocenters. The number of H-pyrrole nitrogens is 2. The van der Waals surface area contributed by atoms with Crippen molar-refractivity contribution in [1.82, 2.24) is 15.3 Å². The summed E-state index contributed by atoms with van der Waals surface area (Å²) in [6, 6.07) is 11.5. The number of benzene rings is 2. The van der Waals surface area contributed by atoms with Crippen molar-refractivity contribution in [1.29, 1.82) is 0 Å². The van der Waals surface area contributed by atoms with Crippen LogP contribution in [0.15, 0.2) is 47.3 Å². The van der Waals surface area contributed by atoms with E-state index in [4.69, 9.17) is 0 Å². The number of aromatic nitrogens is 2. The number of halogens is 1. The third-order valence-corrected chi connectivity index (χ3v) is 3.59. The van der Waals surface area contributed by atoms with E-state index >= 15 is 0 Å². The zero-order valence-corrected chi connectivity index (χ0v) is 12.4. The molecule has 3 N–H and O–H groups in total. The van der Waals surface area contributed by atoms with Crippen molar-refractivity contribution in [3.63, 3.8) is 0 Å². The number of amides is 1. The Morgan fingerprint density at radius 2 is 1.70 bits per heavy atom. The van der Waals surface area contributed by atoms with E-state index in [1.165, 1.54) is 12.1 Å². The smallest absolute Gasteiger partial charge is 0.323 e. The Balaban J connectivity index is 1.52. The van der Waals surface area contributed by atoms with Crippen LogP contribution in [0, 0.1) is 5.82 Å². The van der Waals surface area contributed by atoms with Gasteiger partial charge in [-0.15, -0.1) is 0 Å². The summed E-state index contributed by atoms with van der Waals surface area (Å²) in [5.41, 5.74) is 3.08.